The summed E-state index contributed by atoms with van der Waals surface area (Å²) in [6, 6.07) is 5.12. The molecule has 1 N–H and O–H groups in total. The van der Waals surface area contributed by atoms with Crippen LogP contribution in [0.25, 0.3) is 0 Å². The second-order valence-electron chi connectivity index (χ2n) is 4.22. The van der Waals surface area contributed by atoms with Crippen molar-refractivity contribution in [3.05, 3.63) is 40.6 Å². The summed E-state index contributed by atoms with van der Waals surface area (Å²) in [6.45, 7) is 3.65. The van der Waals surface area contributed by atoms with E-state index in [0.717, 1.165) is 5.69 Å². The molecule has 21 heavy (non-hydrogen) atoms. The summed E-state index contributed by atoms with van der Waals surface area (Å²) in [5.41, 5.74) is 3.63. The molecule has 0 saturated carbocycles. The summed E-state index contributed by atoms with van der Waals surface area (Å²) in [5.74, 6) is -0.433. The van der Waals surface area contributed by atoms with Crippen molar-refractivity contribution in [1.82, 2.24) is 10.7 Å². The predicted octanol–water partition coefficient (Wildman–Crippen LogP) is 2.89. The van der Waals surface area contributed by atoms with Gasteiger partial charge in [-0.1, -0.05) is 23.2 Å². The number of rotatable bonds is 5. The monoisotopic (exact) mass is 331 g/mol. The molecule has 0 amide bonds. The molecule has 8 heteroatoms. The van der Waals surface area contributed by atoms with Gasteiger partial charge in [0.15, 0.2) is 6.10 Å². The second-order valence-corrected chi connectivity index (χ2v) is 5.09. The third-order valence-corrected chi connectivity index (χ3v) is 3.01. The zero-order valence-electron chi connectivity index (χ0n) is 11.5. The van der Waals surface area contributed by atoms with Gasteiger partial charge in [0.25, 0.3) is 0 Å². The highest BCUT2D eigenvalue weighted by Crippen LogP contribution is 2.26. The molecule has 1 heterocycles. The first-order valence-corrected chi connectivity index (χ1v) is 7.07. The molecule has 0 spiro atoms. The van der Waals surface area contributed by atoms with Crippen LogP contribution in [0.1, 0.15) is 13.8 Å². The third-order valence-electron chi connectivity index (χ3n) is 2.57. The highest BCUT2D eigenvalue weighted by atomic mass is 35.5. The summed E-state index contributed by atoms with van der Waals surface area (Å²) in [5, 5.41) is 3.99. The van der Waals surface area contributed by atoms with Crippen molar-refractivity contribution < 1.29 is 14.4 Å². The van der Waals surface area contributed by atoms with Crippen molar-refractivity contribution in [3.8, 4) is 0 Å². The number of benzene rings is 1. The Labute approximate surface area is 132 Å². The summed E-state index contributed by atoms with van der Waals surface area (Å²) in [7, 11) is 0. The maximum absolute atomic E-state index is 11.5. The Morgan fingerprint density at radius 1 is 1.29 bits per heavy atom. The van der Waals surface area contributed by atoms with E-state index in [-0.39, 0.29) is 0 Å². The number of anilines is 1. The van der Waals surface area contributed by atoms with Crippen LogP contribution in [-0.4, -0.2) is 23.9 Å². The van der Waals surface area contributed by atoms with E-state index in [1.807, 2.05) is 0 Å². The van der Waals surface area contributed by atoms with Gasteiger partial charge in [-0.3, -0.25) is 5.01 Å². The van der Waals surface area contributed by atoms with Gasteiger partial charge >= 0.3 is 5.97 Å². The van der Waals surface area contributed by atoms with E-state index in [0.29, 0.717) is 16.7 Å². The minimum Gasteiger partial charge on any atom is -0.464 e. The Morgan fingerprint density at radius 2 is 1.95 bits per heavy atom. The molecule has 0 bridgehead atoms. The number of carbonyl (C=O) groups is 1. The first-order chi connectivity index (χ1) is 9.99. The first kappa shape index (κ1) is 15.9. The topological polar surface area (TPSA) is 54.0 Å². The second kappa shape index (κ2) is 7.00. The van der Waals surface area contributed by atoms with Gasteiger partial charge in [0, 0.05) is 16.2 Å². The lowest BCUT2D eigenvalue weighted by atomic mass is 10.3. The van der Waals surface area contributed by atoms with E-state index in [2.05, 4.69) is 5.53 Å². The smallest absolute Gasteiger partial charge is 0.337 e. The predicted molar refractivity (Wildman–Crippen MR) is 80.2 cm³/mol. The highest BCUT2D eigenvalue weighted by Gasteiger charge is 2.21. The van der Waals surface area contributed by atoms with Crippen LogP contribution in [0.4, 0.5) is 5.69 Å². The van der Waals surface area contributed by atoms with Crippen LogP contribution in [0.5, 0.6) is 0 Å². The number of nitrogens with one attached hydrogen (secondary N) is 1. The molecule has 1 aromatic carbocycles. The zero-order chi connectivity index (χ0) is 15.4. The van der Waals surface area contributed by atoms with Gasteiger partial charge in [0.2, 0.25) is 0 Å². The van der Waals surface area contributed by atoms with Crippen molar-refractivity contribution in [2.75, 3.05) is 11.6 Å². The van der Waals surface area contributed by atoms with Crippen LogP contribution < -0.4 is 10.5 Å². The molecule has 6 nitrogen and oxygen atoms in total. The van der Waals surface area contributed by atoms with Crippen LogP contribution in [0.2, 0.25) is 10.0 Å². The molecule has 0 saturated heterocycles. The number of hydrogen-bond acceptors (Lipinski definition) is 6. The minimum absolute atomic E-state index is 0.308. The Hall–Kier alpha value is -1.47. The van der Waals surface area contributed by atoms with Gasteiger partial charge in [-0.05, 0) is 32.0 Å². The fraction of sp³-hybridized carbons (Fsp3) is 0.308. The van der Waals surface area contributed by atoms with Gasteiger partial charge in [-0.2, -0.15) is 5.17 Å². The van der Waals surface area contributed by atoms with Crippen molar-refractivity contribution in [2.45, 2.75) is 20.0 Å². The lowest BCUT2D eigenvalue weighted by Crippen LogP contribution is -2.42. The fourth-order valence-electron chi connectivity index (χ4n) is 1.65. The molecular formula is C13H15Cl2N3O3. The summed E-state index contributed by atoms with van der Waals surface area (Å²) in [6.07, 6.45) is 2.59. The largest absolute Gasteiger partial charge is 0.464 e. The average Bonchev–Trinajstić information content (AvgIpc) is 2.86. The quantitative estimate of drug-likeness (QED) is 0.837. The molecule has 1 atom stereocenters. The number of hydroxylamine groups is 1. The van der Waals surface area contributed by atoms with Gasteiger partial charge in [-0.15, -0.1) is 5.53 Å². The zero-order valence-corrected chi connectivity index (χ0v) is 13.1. The van der Waals surface area contributed by atoms with E-state index in [1.165, 1.54) is 5.17 Å². The van der Waals surface area contributed by atoms with Crippen LogP contribution in [-0.2, 0) is 14.4 Å². The Balaban J connectivity index is 1.95. The van der Waals surface area contributed by atoms with E-state index in [9.17, 15) is 4.79 Å². The first-order valence-electron chi connectivity index (χ1n) is 6.32. The van der Waals surface area contributed by atoms with Crippen LogP contribution >= 0.6 is 23.2 Å². The van der Waals surface area contributed by atoms with Crippen LogP contribution in [0.15, 0.2) is 30.6 Å². The molecule has 1 unspecified atom stereocenters. The number of hydrogen-bond donors (Lipinski definition) is 1. The highest BCUT2D eigenvalue weighted by molar-refractivity contribution is 6.35. The molecular weight excluding hydrogens is 317 g/mol. The fourth-order valence-corrected chi connectivity index (χ4v) is 2.17. The normalized spacial score (nSPS) is 15.4. The molecule has 114 valence electrons. The minimum atomic E-state index is -0.731. The number of hydrazine groups is 2. The molecule has 0 aromatic heterocycles. The Kier molecular flexibility index (Phi) is 5.30. The molecule has 1 aromatic rings. The third kappa shape index (κ3) is 4.25. The van der Waals surface area contributed by atoms with Crippen molar-refractivity contribution in [2.24, 2.45) is 0 Å². The Bertz CT molecular complexity index is 533. The average molecular weight is 332 g/mol. The molecule has 0 fully saturated rings. The SMILES string of the molecule is CCOC(=O)C(C)ON1C=CN(c2cc(Cl)cc(Cl)c2)N1. The van der Waals surface area contributed by atoms with Gasteiger partial charge < -0.3 is 4.74 Å². The standard InChI is InChI=1S/C13H15Cl2N3O3/c1-3-20-13(19)9(2)21-18-5-4-17(16-18)12-7-10(14)6-11(15)8-12/h4-9,16H,3H2,1-2H3. The van der Waals surface area contributed by atoms with Crippen LogP contribution in [0.3, 0.4) is 0 Å². The van der Waals surface area contributed by atoms with Crippen molar-refractivity contribution >= 4 is 34.9 Å². The lowest BCUT2D eigenvalue weighted by Gasteiger charge is -2.23. The van der Waals surface area contributed by atoms with E-state index >= 15 is 0 Å². The van der Waals surface area contributed by atoms with Crippen LogP contribution in [0, 0.1) is 0 Å². The van der Waals surface area contributed by atoms with E-state index in [4.69, 9.17) is 32.8 Å². The molecule has 1 aliphatic rings. The van der Waals surface area contributed by atoms with Gasteiger partial charge in [0.1, 0.15) is 0 Å². The number of halogens is 2. The number of esters is 1. The molecule has 0 radical (unpaired) electrons. The number of carbonyl (C=O) groups excluding carboxylic acids is 1. The number of nitrogens with zero attached hydrogens (tertiary/aromatic N) is 2. The van der Waals surface area contributed by atoms with Crippen molar-refractivity contribution in [1.29, 1.82) is 0 Å². The van der Waals surface area contributed by atoms with Gasteiger partial charge in [0.05, 0.1) is 18.5 Å². The molecule has 0 aliphatic carbocycles. The lowest BCUT2D eigenvalue weighted by molar-refractivity contribution is -0.205. The van der Waals surface area contributed by atoms with Crippen molar-refractivity contribution in [3.63, 3.8) is 0 Å². The van der Waals surface area contributed by atoms with Gasteiger partial charge in [-0.25, -0.2) is 9.63 Å². The van der Waals surface area contributed by atoms with E-state index in [1.54, 1.807) is 49.5 Å². The summed E-state index contributed by atoms with van der Waals surface area (Å²) < 4.78 is 4.87. The molecule has 2 rings (SSSR count). The van der Waals surface area contributed by atoms with E-state index < -0.39 is 12.1 Å². The summed E-state index contributed by atoms with van der Waals surface area (Å²) >= 11 is 11.9. The maximum atomic E-state index is 11.5. The summed E-state index contributed by atoms with van der Waals surface area (Å²) in [4.78, 5) is 16.9. The maximum Gasteiger partial charge on any atom is 0.337 e. The Morgan fingerprint density at radius 3 is 2.57 bits per heavy atom. The number of ether oxygens (including phenoxy) is 1. The molecule has 1 aliphatic heterocycles.